The standard InChI is InChI=1S/C11H16Cl2N4O3S/c1-17(2)11(18)15-3-4-16-21(19,20)10-8(12)5-7(14)6-9(10)13/h5-6,16H,3-4,14H2,1-2H3,(H,15,18). The summed E-state index contributed by atoms with van der Waals surface area (Å²) >= 11 is 11.7. The number of nitrogens with zero attached hydrogens (tertiary/aromatic N) is 1. The van der Waals surface area contributed by atoms with Gasteiger partial charge in [0.2, 0.25) is 10.0 Å². The highest BCUT2D eigenvalue weighted by molar-refractivity contribution is 7.89. The fourth-order valence-corrected chi connectivity index (χ4v) is 3.68. The third-order valence-electron chi connectivity index (χ3n) is 2.39. The largest absolute Gasteiger partial charge is 0.399 e. The van der Waals surface area contributed by atoms with E-state index in [-0.39, 0.29) is 39.7 Å². The van der Waals surface area contributed by atoms with Gasteiger partial charge < -0.3 is 16.0 Å². The van der Waals surface area contributed by atoms with Gasteiger partial charge in [0, 0.05) is 32.9 Å². The second-order valence-corrected chi connectivity index (χ2v) is 6.86. The fourth-order valence-electron chi connectivity index (χ4n) is 1.42. The van der Waals surface area contributed by atoms with Crippen molar-refractivity contribution in [3.05, 3.63) is 22.2 Å². The maximum Gasteiger partial charge on any atom is 0.316 e. The van der Waals surface area contributed by atoms with E-state index in [0.29, 0.717) is 0 Å². The lowest BCUT2D eigenvalue weighted by Crippen LogP contribution is -2.39. The molecule has 0 aliphatic heterocycles. The zero-order valence-electron chi connectivity index (χ0n) is 11.5. The first kappa shape index (κ1) is 17.8. The molecule has 0 fully saturated rings. The number of carbonyl (C=O) groups excluding carboxylic acids is 1. The van der Waals surface area contributed by atoms with Crippen molar-refractivity contribution in [3.63, 3.8) is 0 Å². The SMILES string of the molecule is CN(C)C(=O)NCCNS(=O)(=O)c1c(Cl)cc(N)cc1Cl. The number of amides is 2. The number of hydrogen-bond acceptors (Lipinski definition) is 4. The lowest BCUT2D eigenvalue weighted by Gasteiger charge is -2.13. The van der Waals surface area contributed by atoms with Gasteiger partial charge in [0.05, 0.1) is 10.0 Å². The van der Waals surface area contributed by atoms with Gasteiger partial charge in [-0.15, -0.1) is 0 Å². The quantitative estimate of drug-likeness (QED) is 0.544. The molecule has 1 rings (SSSR count). The number of nitrogen functional groups attached to an aromatic ring is 1. The molecule has 10 heteroatoms. The van der Waals surface area contributed by atoms with Crippen LogP contribution in [0.3, 0.4) is 0 Å². The van der Waals surface area contributed by atoms with Crippen molar-refractivity contribution in [2.45, 2.75) is 4.90 Å². The molecule has 0 unspecified atom stereocenters. The van der Waals surface area contributed by atoms with Gasteiger partial charge in [-0.3, -0.25) is 0 Å². The molecule has 0 radical (unpaired) electrons. The Bertz CT molecular complexity index is 611. The summed E-state index contributed by atoms with van der Waals surface area (Å²) in [6, 6.07) is 2.28. The minimum Gasteiger partial charge on any atom is -0.399 e. The molecule has 0 saturated heterocycles. The zero-order chi connectivity index (χ0) is 16.2. The van der Waals surface area contributed by atoms with Crippen LogP contribution in [0.15, 0.2) is 17.0 Å². The third-order valence-corrected chi connectivity index (χ3v) is 4.77. The Hall–Kier alpha value is -1.22. The van der Waals surface area contributed by atoms with E-state index in [2.05, 4.69) is 10.0 Å². The van der Waals surface area contributed by atoms with E-state index in [0.717, 1.165) is 0 Å². The molecule has 0 aliphatic carbocycles. The Balaban J connectivity index is 2.73. The number of hydrogen-bond donors (Lipinski definition) is 3. The van der Waals surface area contributed by atoms with Gasteiger partial charge in [0.25, 0.3) is 0 Å². The second-order valence-electron chi connectivity index (χ2n) is 4.34. The Morgan fingerprint density at radius 3 is 2.24 bits per heavy atom. The van der Waals surface area contributed by atoms with Crippen LogP contribution in [-0.2, 0) is 10.0 Å². The first-order chi connectivity index (χ1) is 9.65. The van der Waals surface area contributed by atoms with Gasteiger partial charge >= 0.3 is 6.03 Å². The van der Waals surface area contributed by atoms with Gasteiger partial charge in [0.15, 0.2) is 0 Å². The Morgan fingerprint density at radius 2 is 1.76 bits per heavy atom. The number of benzene rings is 1. The summed E-state index contributed by atoms with van der Waals surface area (Å²) in [6.07, 6.45) is 0. The average Bonchev–Trinajstić information content (AvgIpc) is 2.32. The lowest BCUT2D eigenvalue weighted by atomic mass is 10.3. The maximum absolute atomic E-state index is 12.1. The van der Waals surface area contributed by atoms with E-state index < -0.39 is 10.0 Å². The van der Waals surface area contributed by atoms with Crippen LogP contribution in [0.5, 0.6) is 0 Å². The third kappa shape index (κ3) is 4.92. The Morgan fingerprint density at radius 1 is 1.24 bits per heavy atom. The number of nitrogens with two attached hydrogens (primary N) is 1. The topological polar surface area (TPSA) is 105 Å². The van der Waals surface area contributed by atoms with E-state index in [4.69, 9.17) is 28.9 Å². The minimum absolute atomic E-state index is 0.00104. The van der Waals surface area contributed by atoms with Gasteiger partial charge in [-0.05, 0) is 12.1 Å². The van der Waals surface area contributed by atoms with Gasteiger partial charge in [-0.1, -0.05) is 23.2 Å². The monoisotopic (exact) mass is 354 g/mol. The van der Waals surface area contributed by atoms with Crippen LogP contribution < -0.4 is 15.8 Å². The van der Waals surface area contributed by atoms with Crippen LogP contribution in [0.25, 0.3) is 0 Å². The molecule has 21 heavy (non-hydrogen) atoms. The molecule has 0 aromatic heterocycles. The molecule has 0 spiro atoms. The summed E-state index contributed by atoms with van der Waals surface area (Å²) < 4.78 is 26.5. The first-order valence-electron chi connectivity index (χ1n) is 5.84. The molecule has 2 amide bonds. The van der Waals surface area contributed by atoms with Crippen molar-refractivity contribution in [1.29, 1.82) is 0 Å². The molecule has 0 saturated carbocycles. The summed E-state index contributed by atoms with van der Waals surface area (Å²) in [5.41, 5.74) is 5.78. The molecule has 0 bridgehead atoms. The number of nitrogens with one attached hydrogen (secondary N) is 2. The summed E-state index contributed by atoms with van der Waals surface area (Å²) in [5, 5.41) is 2.39. The van der Waals surface area contributed by atoms with Crippen molar-refractivity contribution in [2.75, 3.05) is 32.9 Å². The fraction of sp³-hybridized carbons (Fsp3) is 0.364. The molecule has 4 N–H and O–H groups in total. The molecule has 1 aromatic carbocycles. The smallest absolute Gasteiger partial charge is 0.316 e. The van der Waals surface area contributed by atoms with Crippen LogP contribution in [-0.4, -0.2) is 46.5 Å². The molecule has 7 nitrogen and oxygen atoms in total. The van der Waals surface area contributed by atoms with Crippen LogP contribution in [0.2, 0.25) is 10.0 Å². The number of sulfonamides is 1. The minimum atomic E-state index is -3.89. The van der Waals surface area contributed by atoms with E-state index >= 15 is 0 Å². The van der Waals surface area contributed by atoms with Crippen molar-refractivity contribution >= 4 is 44.9 Å². The van der Waals surface area contributed by atoms with Crippen LogP contribution in [0.1, 0.15) is 0 Å². The van der Waals surface area contributed by atoms with Crippen molar-refractivity contribution in [3.8, 4) is 0 Å². The summed E-state index contributed by atoms with van der Waals surface area (Å²) in [7, 11) is -0.737. The van der Waals surface area contributed by atoms with Crippen molar-refractivity contribution < 1.29 is 13.2 Å². The second kappa shape index (κ2) is 7.17. The van der Waals surface area contributed by atoms with Crippen LogP contribution in [0, 0.1) is 0 Å². The van der Waals surface area contributed by atoms with Crippen LogP contribution in [0.4, 0.5) is 10.5 Å². The maximum atomic E-state index is 12.1. The normalized spacial score (nSPS) is 11.2. The summed E-state index contributed by atoms with van der Waals surface area (Å²) in [6.45, 7) is 0.124. The number of halogens is 2. The van der Waals surface area contributed by atoms with Crippen molar-refractivity contribution in [1.82, 2.24) is 14.9 Å². The number of carbonyl (C=O) groups is 1. The molecule has 1 aromatic rings. The van der Waals surface area contributed by atoms with E-state index in [1.54, 1.807) is 14.1 Å². The predicted molar refractivity (Wildman–Crippen MR) is 83.1 cm³/mol. The first-order valence-corrected chi connectivity index (χ1v) is 8.08. The Kier molecular flexibility index (Phi) is 6.09. The molecule has 0 aliphatic rings. The summed E-state index contributed by atoms with van der Waals surface area (Å²) in [5.74, 6) is 0. The van der Waals surface area contributed by atoms with Crippen molar-refractivity contribution in [2.24, 2.45) is 0 Å². The molecule has 0 atom stereocenters. The highest BCUT2D eigenvalue weighted by Gasteiger charge is 2.21. The zero-order valence-corrected chi connectivity index (χ0v) is 13.8. The average molecular weight is 355 g/mol. The summed E-state index contributed by atoms with van der Waals surface area (Å²) in [4.78, 5) is 12.4. The lowest BCUT2D eigenvalue weighted by molar-refractivity contribution is 0.217. The number of rotatable bonds is 5. The van der Waals surface area contributed by atoms with E-state index in [1.165, 1.54) is 17.0 Å². The van der Waals surface area contributed by atoms with Gasteiger partial charge in [0.1, 0.15) is 4.90 Å². The van der Waals surface area contributed by atoms with Gasteiger partial charge in [-0.25, -0.2) is 17.9 Å². The highest BCUT2D eigenvalue weighted by atomic mass is 35.5. The van der Waals surface area contributed by atoms with Crippen LogP contribution >= 0.6 is 23.2 Å². The highest BCUT2D eigenvalue weighted by Crippen LogP contribution is 2.31. The molecule has 118 valence electrons. The predicted octanol–water partition coefficient (Wildman–Crippen LogP) is 1.13. The van der Waals surface area contributed by atoms with E-state index in [9.17, 15) is 13.2 Å². The molecule has 0 heterocycles. The number of anilines is 1. The van der Waals surface area contributed by atoms with E-state index in [1.807, 2.05) is 0 Å². The molecular formula is C11H16Cl2N4O3S. The number of urea groups is 1. The van der Waals surface area contributed by atoms with Gasteiger partial charge in [-0.2, -0.15) is 0 Å². The Labute approximate surface area is 133 Å². The molecular weight excluding hydrogens is 339 g/mol.